The van der Waals surface area contributed by atoms with Gasteiger partial charge in [0.05, 0.1) is 6.61 Å². The lowest BCUT2D eigenvalue weighted by Crippen LogP contribution is -2.42. The number of nitrogens with zero attached hydrogens (tertiary/aromatic N) is 1. The Morgan fingerprint density at radius 3 is 2.53 bits per heavy atom. The zero-order valence-corrected chi connectivity index (χ0v) is 13.5. The van der Waals surface area contributed by atoms with Gasteiger partial charge in [-0.25, -0.2) is 0 Å². The van der Waals surface area contributed by atoms with Crippen LogP contribution in [0.4, 0.5) is 0 Å². The summed E-state index contributed by atoms with van der Waals surface area (Å²) in [4.78, 5) is 2.49. The molecule has 0 aromatic heterocycles. The number of hydrogen-bond donors (Lipinski definition) is 0. The van der Waals surface area contributed by atoms with E-state index in [0.717, 1.165) is 19.7 Å². The summed E-state index contributed by atoms with van der Waals surface area (Å²) >= 11 is 0. The average molecular weight is 255 g/mol. The van der Waals surface area contributed by atoms with Crippen molar-refractivity contribution in [2.45, 2.75) is 52.2 Å². The highest BCUT2D eigenvalue weighted by atomic mass is 28.4. The summed E-state index contributed by atoms with van der Waals surface area (Å²) in [6.07, 6.45) is 3.56. The van der Waals surface area contributed by atoms with Crippen LogP contribution in [0, 0.1) is 0 Å². The first-order valence-corrected chi connectivity index (χ1v) is 9.71. The van der Waals surface area contributed by atoms with Crippen LogP contribution in [0.5, 0.6) is 0 Å². The highest BCUT2D eigenvalue weighted by Crippen LogP contribution is 2.36. The van der Waals surface area contributed by atoms with Crippen LogP contribution < -0.4 is 0 Å². The summed E-state index contributed by atoms with van der Waals surface area (Å²) in [5.74, 6) is 0. The summed E-state index contributed by atoms with van der Waals surface area (Å²) < 4.78 is 6.27. The molecule has 0 aromatic rings. The first-order valence-electron chi connectivity index (χ1n) is 6.80. The van der Waals surface area contributed by atoms with E-state index in [9.17, 15) is 0 Å². The summed E-state index contributed by atoms with van der Waals surface area (Å²) in [6, 6.07) is 0. The standard InChI is InChI=1S/C14H29NOSi/c1-7-15-10-8-9-13(11-15)12-16-17(5,6)14(2,3)4/h9H,7-8,10-12H2,1-6H3. The molecule has 3 heteroatoms. The largest absolute Gasteiger partial charge is 0.413 e. The molecule has 0 atom stereocenters. The molecule has 0 fully saturated rings. The fourth-order valence-electron chi connectivity index (χ4n) is 1.75. The van der Waals surface area contributed by atoms with Crippen molar-refractivity contribution in [3.63, 3.8) is 0 Å². The SMILES string of the molecule is CCN1CCC=C(CO[Si](C)(C)C(C)(C)C)C1. The third kappa shape index (κ3) is 4.23. The van der Waals surface area contributed by atoms with Crippen LogP contribution in [0.2, 0.25) is 18.1 Å². The quantitative estimate of drug-likeness (QED) is 0.561. The van der Waals surface area contributed by atoms with E-state index in [2.05, 4.69) is 51.8 Å². The Morgan fingerprint density at radius 1 is 1.35 bits per heavy atom. The van der Waals surface area contributed by atoms with Crippen LogP contribution in [0.15, 0.2) is 11.6 Å². The average Bonchev–Trinajstić information content (AvgIpc) is 2.25. The molecule has 2 nitrogen and oxygen atoms in total. The highest BCUT2D eigenvalue weighted by molar-refractivity contribution is 6.74. The summed E-state index contributed by atoms with van der Waals surface area (Å²) in [6.45, 7) is 18.1. The Bertz CT molecular complexity index is 278. The lowest BCUT2D eigenvalue weighted by molar-refractivity contribution is 0.265. The van der Waals surface area contributed by atoms with Gasteiger partial charge in [0, 0.05) is 13.1 Å². The number of hydrogen-bond acceptors (Lipinski definition) is 2. The van der Waals surface area contributed by atoms with Gasteiger partial charge in [-0.15, -0.1) is 0 Å². The van der Waals surface area contributed by atoms with Crippen LogP contribution in [-0.2, 0) is 4.43 Å². The van der Waals surface area contributed by atoms with E-state index in [1.54, 1.807) is 0 Å². The van der Waals surface area contributed by atoms with Crippen molar-refractivity contribution >= 4 is 8.32 Å². The molecule has 0 aromatic carbocycles. The van der Waals surface area contributed by atoms with Gasteiger partial charge in [-0.1, -0.05) is 33.8 Å². The van der Waals surface area contributed by atoms with Gasteiger partial charge in [0.1, 0.15) is 0 Å². The van der Waals surface area contributed by atoms with Crippen LogP contribution >= 0.6 is 0 Å². The second-order valence-corrected chi connectivity index (χ2v) is 11.4. The van der Waals surface area contributed by atoms with Gasteiger partial charge < -0.3 is 4.43 Å². The molecule has 0 aliphatic carbocycles. The monoisotopic (exact) mass is 255 g/mol. The van der Waals surface area contributed by atoms with Gasteiger partial charge >= 0.3 is 0 Å². The molecule has 1 aliphatic rings. The predicted molar refractivity (Wildman–Crippen MR) is 78.0 cm³/mol. The normalized spacial score (nSPS) is 19.3. The fraction of sp³-hybridized carbons (Fsp3) is 0.857. The van der Waals surface area contributed by atoms with E-state index in [1.807, 2.05) is 0 Å². The molecule has 0 radical (unpaired) electrons. The molecule has 0 unspecified atom stereocenters. The summed E-state index contributed by atoms with van der Waals surface area (Å²) in [5, 5.41) is 0.312. The lowest BCUT2D eigenvalue weighted by atomic mass is 10.1. The van der Waals surface area contributed by atoms with Crippen molar-refractivity contribution in [3.8, 4) is 0 Å². The first kappa shape index (κ1) is 14.9. The van der Waals surface area contributed by atoms with Gasteiger partial charge in [0.15, 0.2) is 8.32 Å². The fourth-order valence-corrected chi connectivity index (χ4v) is 2.73. The molecule has 0 saturated heterocycles. The Balaban J connectivity index is 2.48. The predicted octanol–water partition coefficient (Wildman–Crippen LogP) is 3.66. The van der Waals surface area contributed by atoms with E-state index in [0.29, 0.717) is 5.04 Å². The molecular formula is C14H29NOSi. The smallest absolute Gasteiger partial charge is 0.192 e. The topological polar surface area (TPSA) is 12.5 Å². The highest BCUT2D eigenvalue weighted by Gasteiger charge is 2.37. The molecule has 1 heterocycles. The molecule has 0 bridgehead atoms. The van der Waals surface area contributed by atoms with Crippen LogP contribution in [0.25, 0.3) is 0 Å². The van der Waals surface area contributed by atoms with E-state index in [4.69, 9.17) is 4.43 Å². The van der Waals surface area contributed by atoms with Crippen molar-refractivity contribution < 1.29 is 4.43 Å². The molecule has 100 valence electrons. The molecule has 0 N–H and O–H groups in total. The Hall–Kier alpha value is -0.123. The second-order valence-electron chi connectivity index (χ2n) is 6.57. The zero-order chi connectivity index (χ0) is 13.1. The minimum atomic E-state index is -1.58. The Labute approximate surface area is 108 Å². The zero-order valence-electron chi connectivity index (χ0n) is 12.5. The maximum Gasteiger partial charge on any atom is 0.192 e. The number of rotatable bonds is 4. The second kappa shape index (κ2) is 5.68. The third-order valence-corrected chi connectivity index (χ3v) is 8.66. The van der Waals surface area contributed by atoms with Crippen LogP contribution in [0.1, 0.15) is 34.1 Å². The number of likely N-dealkylation sites (N-methyl/N-ethyl adjacent to an activating group) is 1. The maximum absolute atomic E-state index is 6.27. The summed E-state index contributed by atoms with van der Waals surface area (Å²) in [7, 11) is -1.58. The molecule has 1 rings (SSSR count). The third-order valence-electron chi connectivity index (χ3n) is 4.18. The minimum Gasteiger partial charge on any atom is -0.413 e. The Morgan fingerprint density at radius 2 is 2.00 bits per heavy atom. The van der Waals surface area contributed by atoms with Crippen molar-refractivity contribution in [1.29, 1.82) is 0 Å². The van der Waals surface area contributed by atoms with E-state index in [-0.39, 0.29) is 0 Å². The molecular weight excluding hydrogens is 226 g/mol. The van der Waals surface area contributed by atoms with Crippen LogP contribution in [-0.4, -0.2) is 39.5 Å². The molecule has 17 heavy (non-hydrogen) atoms. The summed E-state index contributed by atoms with van der Waals surface area (Å²) in [5.41, 5.74) is 1.47. The Kier molecular flexibility index (Phi) is 4.99. The lowest BCUT2D eigenvalue weighted by Gasteiger charge is -2.37. The van der Waals surface area contributed by atoms with Gasteiger partial charge in [0.2, 0.25) is 0 Å². The molecule has 0 amide bonds. The van der Waals surface area contributed by atoms with E-state index in [1.165, 1.54) is 18.5 Å². The molecule has 0 spiro atoms. The van der Waals surface area contributed by atoms with E-state index >= 15 is 0 Å². The first-order chi connectivity index (χ1) is 7.76. The van der Waals surface area contributed by atoms with Gasteiger partial charge in [-0.05, 0) is 36.7 Å². The van der Waals surface area contributed by atoms with Gasteiger partial charge in [-0.2, -0.15) is 0 Å². The minimum absolute atomic E-state index is 0.312. The molecule has 0 saturated carbocycles. The van der Waals surface area contributed by atoms with Gasteiger partial charge in [0.25, 0.3) is 0 Å². The van der Waals surface area contributed by atoms with Crippen molar-refractivity contribution in [2.24, 2.45) is 0 Å². The van der Waals surface area contributed by atoms with E-state index < -0.39 is 8.32 Å². The van der Waals surface area contributed by atoms with Crippen molar-refractivity contribution in [1.82, 2.24) is 4.90 Å². The van der Waals surface area contributed by atoms with Crippen molar-refractivity contribution in [2.75, 3.05) is 26.2 Å². The molecule has 1 aliphatic heterocycles. The van der Waals surface area contributed by atoms with Crippen LogP contribution in [0.3, 0.4) is 0 Å². The van der Waals surface area contributed by atoms with Crippen molar-refractivity contribution in [3.05, 3.63) is 11.6 Å². The van der Waals surface area contributed by atoms with Gasteiger partial charge in [-0.3, -0.25) is 4.90 Å². The maximum atomic E-state index is 6.27.